The Bertz CT molecular complexity index is 864. The van der Waals surface area contributed by atoms with Crippen LogP contribution < -0.4 is 5.32 Å². The maximum Gasteiger partial charge on any atom is 0.303 e. The Kier molecular flexibility index (Phi) is 5.38. The van der Waals surface area contributed by atoms with E-state index in [-0.39, 0.29) is 24.7 Å². The van der Waals surface area contributed by atoms with E-state index in [0.717, 1.165) is 5.56 Å². The number of rotatable bonds is 8. The fourth-order valence-corrected chi connectivity index (χ4v) is 3.44. The Labute approximate surface area is 155 Å². The number of nitrogens with zero attached hydrogens (tertiary/aromatic N) is 3. The van der Waals surface area contributed by atoms with Crippen LogP contribution in [0.5, 0.6) is 0 Å². The summed E-state index contributed by atoms with van der Waals surface area (Å²) < 4.78 is 4.67. The molecule has 0 saturated carbocycles. The number of hydrogen-bond acceptors (Lipinski definition) is 6. The van der Waals surface area contributed by atoms with E-state index in [1.165, 1.54) is 0 Å². The van der Waals surface area contributed by atoms with Gasteiger partial charge in [0.1, 0.15) is 11.0 Å². The monoisotopic (exact) mass is 374 g/mol. The summed E-state index contributed by atoms with van der Waals surface area (Å²) in [6.45, 7) is 0.413. The second kappa shape index (κ2) is 7.73. The maximum absolute atomic E-state index is 12.5. The zero-order valence-electron chi connectivity index (χ0n) is 15.1. The molecular formula is C18H22N4O5. The van der Waals surface area contributed by atoms with Crippen molar-refractivity contribution in [3.63, 3.8) is 0 Å². The number of hydrogen-bond donors (Lipinski definition) is 2. The van der Waals surface area contributed by atoms with Gasteiger partial charge in [0.25, 0.3) is 0 Å². The van der Waals surface area contributed by atoms with Gasteiger partial charge >= 0.3 is 5.97 Å². The molecule has 9 heteroatoms. The molecule has 1 aromatic carbocycles. The molecule has 144 valence electrons. The Morgan fingerprint density at radius 1 is 1.26 bits per heavy atom. The second-order valence-corrected chi connectivity index (χ2v) is 7.06. The van der Waals surface area contributed by atoms with Gasteiger partial charge in [0, 0.05) is 38.4 Å². The fourth-order valence-electron chi connectivity index (χ4n) is 3.44. The predicted octanol–water partition coefficient (Wildman–Crippen LogP) is 1.47. The van der Waals surface area contributed by atoms with Crippen LogP contribution in [0.15, 0.2) is 22.8 Å². The van der Waals surface area contributed by atoms with E-state index < -0.39 is 11.5 Å². The minimum atomic E-state index is -0.906. The smallest absolute Gasteiger partial charge is 0.303 e. The van der Waals surface area contributed by atoms with Crippen molar-refractivity contribution in [2.24, 2.45) is 0 Å². The summed E-state index contributed by atoms with van der Waals surface area (Å²) in [7, 11) is 1.71. The van der Waals surface area contributed by atoms with Crippen LogP contribution in [-0.2, 0) is 20.9 Å². The van der Waals surface area contributed by atoms with Gasteiger partial charge in [-0.05, 0) is 47.3 Å². The molecule has 0 spiro atoms. The normalized spacial score (nSPS) is 19.2. The number of aliphatic carboxylic acids is 1. The van der Waals surface area contributed by atoms with Crippen molar-refractivity contribution in [1.29, 1.82) is 0 Å². The number of benzene rings is 1. The first-order valence-corrected chi connectivity index (χ1v) is 8.85. The van der Waals surface area contributed by atoms with Crippen LogP contribution in [0.3, 0.4) is 0 Å². The highest BCUT2D eigenvalue weighted by atomic mass is 16.6. The molecule has 1 aromatic heterocycles. The van der Waals surface area contributed by atoms with E-state index in [4.69, 9.17) is 5.11 Å². The summed E-state index contributed by atoms with van der Waals surface area (Å²) in [5, 5.41) is 19.4. The molecule has 2 amide bonds. The van der Waals surface area contributed by atoms with Crippen molar-refractivity contribution in [2.45, 2.75) is 50.6 Å². The second-order valence-electron chi connectivity index (χ2n) is 7.06. The molecule has 2 heterocycles. The third-order valence-corrected chi connectivity index (χ3v) is 5.03. The minimum absolute atomic E-state index is 0.0317. The number of carbonyl (C=O) groups is 3. The van der Waals surface area contributed by atoms with Crippen molar-refractivity contribution < 1.29 is 24.1 Å². The summed E-state index contributed by atoms with van der Waals surface area (Å²) in [5.74, 6) is -1.06. The van der Waals surface area contributed by atoms with Crippen LogP contribution in [0.25, 0.3) is 11.0 Å². The average molecular weight is 374 g/mol. The molecule has 1 saturated heterocycles. The standard InChI is InChI=1S/C18H22N4O5/c1-22(11-12-2-3-13-14(10-12)21-27-20-13)16(24)5-8-18(9-6-17(25)26)7-4-15(23)19-18/h2-3,10H,4-9,11H2,1H3,(H,19,23)(H,25,26)/t18-/m1/s1. The van der Waals surface area contributed by atoms with Gasteiger partial charge in [-0.1, -0.05) is 6.07 Å². The van der Waals surface area contributed by atoms with Crippen LogP contribution in [-0.4, -0.2) is 50.7 Å². The van der Waals surface area contributed by atoms with Gasteiger partial charge in [0.15, 0.2) is 0 Å². The topological polar surface area (TPSA) is 126 Å². The lowest BCUT2D eigenvalue weighted by Gasteiger charge is -2.29. The predicted molar refractivity (Wildman–Crippen MR) is 94.5 cm³/mol. The molecule has 27 heavy (non-hydrogen) atoms. The largest absolute Gasteiger partial charge is 0.481 e. The summed E-state index contributed by atoms with van der Waals surface area (Å²) in [4.78, 5) is 36.7. The van der Waals surface area contributed by atoms with Gasteiger partial charge in [0.2, 0.25) is 11.8 Å². The summed E-state index contributed by atoms with van der Waals surface area (Å²) >= 11 is 0. The first kappa shape index (κ1) is 18.8. The van der Waals surface area contributed by atoms with Crippen LogP contribution in [0.1, 0.15) is 44.1 Å². The fraction of sp³-hybridized carbons (Fsp3) is 0.500. The highest BCUT2D eigenvalue weighted by Crippen LogP contribution is 2.30. The molecule has 1 aliphatic rings. The lowest BCUT2D eigenvalue weighted by molar-refractivity contribution is -0.137. The van der Waals surface area contributed by atoms with Crippen LogP contribution in [0.2, 0.25) is 0 Å². The van der Waals surface area contributed by atoms with Crippen molar-refractivity contribution >= 4 is 28.8 Å². The van der Waals surface area contributed by atoms with Gasteiger partial charge in [-0.25, -0.2) is 4.63 Å². The van der Waals surface area contributed by atoms with E-state index in [1.54, 1.807) is 18.0 Å². The third kappa shape index (κ3) is 4.60. The van der Waals surface area contributed by atoms with E-state index in [2.05, 4.69) is 20.3 Å². The number of carboxylic acids is 1. The summed E-state index contributed by atoms with van der Waals surface area (Å²) in [6, 6.07) is 5.47. The van der Waals surface area contributed by atoms with Crippen LogP contribution in [0, 0.1) is 0 Å². The first-order valence-electron chi connectivity index (χ1n) is 8.85. The van der Waals surface area contributed by atoms with E-state index in [0.29, 0.717) is 43.3 Å². The number of aromatic nitrogens is 2. The summed E-state index contributed by atoms with van der Waals surface area (Å²) in [6.07, 6.45) is 1.91. The molecule has 1 atom stereocenters. The average Bonchev–Trinajstić information content (AvgIpc) is 3.24. The lowest BCUT2D eigenvalue weighted by Crippen LogP contribution is -2.43. The Hall–Kier alpha value is -2.97. The number of carbonyl (C=O) groups excluding carboxylic acids is 2. The third-order valence-electron chi connectivity index (χ3n) is 5.03. The van der Waals surface area contributed by atoms with Gasteiger partial charge in [0.05, 0.1) is 0 Å². The Morgan fingerprint density at radius 2 is 2.00 bits per heavy atom. The van der Waals surface area contributed by atoms with Gasteiger partial charge in [-0.2, -0.15) is 0 Å². The molecule has 9 nitrogen and oxygen atoms in total. The zero-order valence-corrected chi connectivity index (χ0v) is 15.1. The van der Waals surface area contributed by atoms with Crippen molar-refractivity contribution in [2.75, 3.05) is 7.05 Å². The quantitative estimate of drug-likeness (QED) is 0.716. The van der Waals surface area contributed by atoms with Crippen LogP contribution >= 0.6 is 0 Å². The molecule has 1 fully saturated rings. The number of carboxylic acid groups (broad SMARTS) is 1. The van der Waals surface area contributed by atoms with Crippen molar-refractivity contribution in [3.8, 4) is 0 Å². The Balaban J connectivity index is 1.57. The van der Waals surface area contributed by atoms with E-state index >= 15 is 0 Å². The van der Waals surface area contributed by atoms with Crippen molar-refractivity contribution in [3.05, 3.63) is 23.8 Å². The minimum Gasteiger partial charge on any atom is -0.481 e. The van der Waals surface area contributed by atoms with Crippen LogP contribution in [0.4, 0.5) is 0 Å². The molecule has 2 aromatic rings. The number of nitrogens with one attached hydrogen (secondary N) is 1. The van der Waals surface area contributed by atoms with E-state index in [1.807, 2.05) is 12.1 Å². The Morgan fingerprint density at radius 3 is 2.70 bits per heavy atom. The number of amides is 2. The molecule has 3 rings (SSSR count). The molecule has 2 N–H and O–H groups in total. The van der Waals surface area contributed by atoms with Crippen molar-refractivity contribution in [1.82, 2.24) is 20.5 Å². The molecular weight excluding hydrogens is 352 g/mol. The number of fused-ring (bicyclic) bond motifs is 1. The van der Waals surface area contributed by atoms with Gasteiger partial charge in [-0.15, -0.1) is 0 Å². The van der Waals surface area contributed by atoms with Gasteiger partial charge < -0.3 is 15.3 Å². The van der Waals surface area contributed by atoms with E-state index in [9.17, 15) is 14.4 Å². The molecule has 0 radical (unpaired) electrons. The summed E-state index contributed by atoms with van der Waals surface area (Å²) in [5.41, 5.74) is 1.60. The zero-order chi connectivity index (χ0) is 19.4. The van der Waals surface area contributed by atoms with Gasteiger partial charge in [-0.3, -0.25) is 14.4 Å². The molecule has 0 aliphatic carbocycles. The lowest BCUT2D eigenvalue weighted by atomic mass is 9.86. The molecule has 1 aliphatic heterocycles. The highest BCUT2D eigenvalue weighted by molar-refractivity contribution is 5.80. The highest BCUT2D eigenvalue weighted by Gasteiger charge is 2.38. The maximum atomic E-state index is 12.5. The molecule has 0 unspecified atom stereocenters. The first-order chi connectivity index (χ1) is 12.9. The molecule has 0 bridgehead atoms. The SMILES string of the molecule is CN(Cc1ccc2nonc2c1)C(=O)CC[C@@]1(CCC(=O)O)CCC(=O)N1.